The average Bonchev–Trinajstić information content (AvgIpc) is 3.39. The van der Waals surface area contributed by atoms with Gasteiger partial charge in [0, 0.05) is 5.02 Å². The molecular formula is C19H16Cl2N2O3. The summed E-state index contributed by atoms with van der Waals surface area (Å²) >= 11 is 11.9. The van der Waals surface area contributed by atoms with Crippen molar-refractivity contribution in [3.05, 3.63) is 40.4 Å². The third kappa shape index (κ3) is 2.26. The van der Waals surface area contributed by atoms with Crippen LogP contribution in [0.3, 0.4) is 0 Å². The predicted molar refractivity (Wildman–Crippen MR) is 96.5 cm³/mol. The fraction of sp³-hybridized carbons (Fsp3) is 0.421. The molecule has 5 aliphatic rings. The van der Waals surface area contributed by atoms with E-state index in [0.29, 0.717) is 27.6 Å². The quantitative estimate of drug-likeness (QED) is 0.637. The Morgan fingerprint density at radius 2 is 1.69 bits per heavy atom. The van der Waals surface area contributed by atoms with E-state index in [2.05, 4.69) is 17.5 Å². The predicted octanol–water partition coefficient (Wildman–Crippen LogP) is 2.99. The highest BCUT2D eigenvalue weighted by molar-refractivity contribution is 6.36. The molecule has 1 heterocycles. The topological polar surface area (TPSA) is 66.5 Å². The van der Waals surface area contributed by atoms with Gasteiger partial charge in [-0.05, 0) is 48.3 Å². The van der Waals surface area contributed by atoms with E-state index in [1.807, 2.05) is 0 Å². The van der Waals surface area contributed by atoms with E-state index in [9.17, 15) is 14.4 Å². The Labute approximate surface area is 160 Å². The van der Waals surface area contributed by atoms with Crippen molar-refractivity contribution in [2.24, 2.45) is 35.5 Å². The van der Waals surface area contributed by atoms with Gasteiger partial charge in [-0.25, -0.2) is 0 Å². The molecule has 134 valence electrons. The fourth-order valence-corrected chi connectivity index (χ4v) is 5.55. The minimum Gasteiger partial charge on any atom is -0.323 e. The van der Waals surface area contributed by atoms with Gasteiger partial charge in [0.25, 0.3) is 0 Å². The van der Waals surface area contributed by atoms with Crippen LogP contribution in [0.5, 0.6) is 0 Å². The molecule has 5 nitrogen and oxygen atoms in total. The smallest absolute Gasteiger partial charge is 0.244 e. The zero-order valence-corrected chi connectivity index (χ0v) is 15.2. The van der Waals surface area contributed by atoms with E-state index in [-0.39, 0.29) is 42.0 Å². The van der Waals surface area contributed by atoms with Gasteiger partial charge in [-0.2, -0.15) is 0 Å². The number of carbonyl (C=O) groups excluding carboxylic acids is 3. The van der Waals surface area contributed by atoms with E-state index < -0.39 is 5.91 Å². The van der Waals surface area contributed by atoms with Crippen LogP contribution < -0.4 is 5.32 Å². The lowest BCUT2D eigenvalue weighted by Gasteiger charge is -2.37. The Hall–Kier alpha value is -1.85. The van der Waals surface area contributed by atoms with Gasteiger partial charge >= 0.3 is 0 Å². The first kappa shape index (κ1) is 16.3. The largest absolute Gasteiger partial charge is 0.323 e. The van der Waals surface area contributed by atoms with Crippen LogP contribution in [0.2, 0.25) is 10.0 Å². The van der Waals surface area contributed by atoms with Crippen LogP contribution in [0.1, 0.15) is 6.42 Å². The number of anilines is 1. The molecule has 1 N–H and O–H groups in total. The minimum absolute atomic E-state index is 0.158. The average molecular weight is 391 g/mol. The molecule has 2 saturated carbocycles. The number of imide groups is 1. The summed E-state index contributed by atoms with van der Waals surface area (Å²) in [6.45, 7) is -0.279. The van der Waals surface area contributed by atoms with Crippen molar-refractivity contribution in [3.8, 4) is 0 Å². The zero-order valence-electron chi connectivity index (χ0n) is 13.7. The van der Waals surface area contributed by atoms with Crippen LogP contribution in [0, 0.1) is 35.5 Å². The number of carbonyl (C=O) groups is 3. The Morgan fingerprint density at radius 1 is 1.08 bits per heavy atom. The number of hydrogen-bond donors (Lipinski definition) is 1. The third-order valence-electron chi connectivity index (χ3n) is 6.26. The van der Waals surface area contributed by atoms with Crippen molar-refractivity contribution in [1.82, 2.24) is 4.90 Å². The second-order valence-electron chi connectivity index (χ2n) is 7.59. The maximum atomic E-state index is 12.9. The molecule has 6 rings (SSSR count). The SMILES string of the molecule is O=C(CN1C(=O)[C@@H]2[C@H]3C=C[C@@H]([C@@H]4C[C@H]34)[C@@H]2C1=O)Nc1ccc(Cl)cc1Cl. The fourth-order valence-electron chi connectivity index (χ4n) is 5.10. The van der Waals surface area contributed by atoms with Crippen molar-refractivity contribution in [2.75, 3.05) is 11.9 Å². The number of amides is 3. The number of benzene rings is 1. The maximum Gasteiger partial charge on any atom is 0.244 e. The lowest BCUT2D eigenvalue weighted by Crippen LogP contribution is -2.40. The van der Waals surface area contributed by atoms with Gasteiger partial charge in [0.2, 0.25) is 17.7 Å². The third-order valence-corrected chi connectivity index (χ3v) is 6.81. The molecule has 6 atom stereocenters. The van der Waals surface area contributed by atoms with Crippen molar-refractivity contribution < 1.29 is 14.4 Å². The first-order valence-electron chi connectivity index (χ1n) is 8.74. The first-order valence-corrected chi connectivity index (χ1v) is 9.50. The van der Waals surface area contributed by atoms with Gasteiger partial charge in [-0.1, -0.05) is 35.4 Å². The number of likely N-dealkylation sites (tertiary alicyclic amines) is 1. The first-order chi connectivity index (χ1) is 12.5. The Balaban J connectivity index is 1.33. The van der Waals surface area contributed by atoms with E-state index in [4.69, 9.17) is 23.2 Å². The number of allylic oxidation sites excluding steroid dienone is 2. The molecule has 1 aliphatic heterocycles. The van der Waals surface area contributed by atoms with E-state index in [1.54, 1.807) is 12.1 Å². The van der Waals surface area contributed by atoms with Crippen molar-refractivity contribution in [3.63, 3.8) is 0 Å². The molecule has 3 amide bonds. The molecule has 26 heavy (non-hydrogen) atoms. The van der Waals surface area contributed by atoms with Gasteiger partial charge in [0.1, 0.15) is 6.54 Å². The molecule has 3 fully saturated rings. The highest BCUT2D eigenvalue weighted by Gasteiger charge is 2.67. The summed E-state index contributed by atoms with van der Waals surface area (Å²) in [5.41, 5.74) is 0.403. The van der Waals surface area contributed by atoms with Crippen molar-refractivity contribution in [2.45, 2.75) is 6.42 Å². The Kier molecular flexibility index (Phi) is 3.50. The number of nitrogens with zero attached hydrogens (tertiary/aromatic N) is 1. The Bertz CT molecular complexity index is 848. The highest BCUT2D eigenvalue weighted by atomic mass is 35.5. The van der Waals surface area contributed by atoms with Crippen LogP contribution in [0.15, 0.2) is 30.4 Å². The standard InChI is InChI=1S/C19H16Cl2N2O3/c20-8-1-4-14(13(21)5-8)22-15(24)7-23-18(25)16-9-2-3-10(12-6-11(9)12)17(16)19(23)26/h1-5,9-12,16-17H,6-7H2,(H,22,24)/t9-,10-,11-,12+,16-,17+/m0/s1. The Morgan fingerprint density at radius 3 is 2.27 bits per heavy atom. The summed E-state index contributed by atoms with van der Waals surface area (Å²) in [5.74, 6) is -0.0183. The summed E-state index contributed by atoms with van der Waals surface area (Å²) in [4.78, 5) is 39.2. The highest BCUT2D eigenvalue weighted by Crippen LogP contribution is 2.65. The summed E-state index contributed by atoms with van der Waals surface area (Å²) in [6, 6.07) is 4.72. The van der Waals surface area contributed by atoms with Gasteiger partial charge in [-0.3, -0.25) is 19.3 Å². The van der Waals surface area contributed by atoms with Crippen LogP contribution in [-0.2, 0) is 14.4 Å². The summed E-state index contributed by atoms with van der Waals surface area (Å²) in [7, 11) is 0. The van der Waals surface area contributed by atoms with Crippen LogP contribution in [0.25, 0.3) is 0 Å². The molecule has 0 unspecified atom stereocenters. The molecule has 0 spiro atoms. The van der Waals surface area contributed by atoms with E-state index in [0.717, 1.165) is 11.3 Å². The van der Waals surface area contributed by atoms with Crippen molar-refractivity contribution >= 4 is 46.6 Å². The van der Waals surface area contributed by atoms with E-state index >= 15 is 0 Å². The van der Waals surface area contributed by atoms with Crippen LogP contribution in [0.4, 0.5) is 5.69 Å². The normalized spacial score (nSPS) is 36.2. The van der Waals surface area contributed by atoms with Gasteiger partial charge in [0.15, 0.2) is 0 Å². The molecule has 1 aromatic carbocycles. The summed E-state index contributed by atoms with van der Waals surface area (Å²) in [6.07, 6.45) is 5.34. The second kappa shape index (κ2) is 5.57. The summed E-state index contributed by atoms with van der Waals surface area (Å²) in [5, 5.41) is 3.42. The number of rotatable bonds is 3. The monoisotopic (exact) mass is 390 g/mol. The molecular weight excluding hydrogens is 375 g/mol. The van der Waals surface area contributed by atoms with Gasteiger partial charge in [-0.15, -0.1) is 0 Å². The maximum absolute atomic E-state index is 12.9. The molecule has 2 bridgehead atoms. The molecule has 4 aliphatic carbocycles. The summed E-state index contributed by atoms with van der Waals surface area (Å²) < 4.78 is 0. The van der Waals surface area contributed by atoms with E-state index in [1.165, 1.54) is 6.07 Å². The number of hydrogen-bond acceptors (Lipinski definition) is 3. The van der Waals surface area contributed by atoms with Gasteiger partial charge < -0.3 is 5.32 Å². The lowest BCUT2D eigenvalue weighted by molar-refractivity contribution is -0.142. The van der Waals surface area contributed by atoms with Crippen LogP contribution >= 0.6 is 23.2 Å². The molecule has 1 saturated heterocycles. The van der Waals surface area contributed by atoms with Crippen LogP contribution in [-0.4, -0.2) is 29.2 Å². The lowest BCUT2D eigenvalue weighted by atomic mass is 9.63. The second-order valence-corrected chi connectivity index (χ2v) is 8.43. The van der Waals surface area contributed by atoms with Crippen molar-refractivity contribution in [1.29, 1.82) is 0 Å². The number of nitrogens with one attached hydrogen (secondary N) is 1. The van der Waals surface area contributed by atoms with Gasteiger partial charge in [0.05, 0.1) is 22.5 Å². The molecule has 0 aromatic heterocycles. The number of halogens is 2. The molecule has 7 heteroatoms. The zero-order chi connectivity index (χ0) is 18.2. The molecule has 0 radical (unpaired) electrons. The molecule has 1 aromatic rings. The minimum atomic E-state index is -0.444.